The zero-order valence-electron chi connectivity index (χ0n) is 13.2. The van der Waals surface area contributed by atoms with Gasteiger partial charge in [-0.3, -0.25) is 4.57 Å². The molecule has 6 nitrogen and oxygen atoms in total. The minimum atomic E-state index is -0.805. The third-order valence-electron chi connectivity index (χ3n) is 3.27. The molecule has 1 aromatic carbocycles. The second kappa shape index (κ2) is 6.20. The number of aryl methyl sites for hydroxylation is 1. The minimum absolute atomic E-state index is 0.0510. The lowest BCUT2D eigenvalue weighted by Crippen LogP contribution is -2.12. The monoisotopic (exact) mass is 352 g/mol. The first-order chi connectivity index (χ1) is 11.3. The van der Waals surface area contributed by atoms with Gasteiger partial charge in [-0.05, 0) is 19.9 Å². The van der Waals surface area contributed by atoms with E-state index in [1.165, 1.54) is 0 Å². The van der Waals surface area contributed by atoms with Crippen molar-refractivity contribution in [2.45, 2.75) is 19.9 Å². The van der Waals surface area contributed by atoms with Crippen LogP contribution >= 0.6 is 11.6 Å². The minimum Gasteiger partial charge on any atom is -0.352 e. The van der Waals surface area contributed by atoms with Gasteiger partial charge in [0.1, 0.15) is 11.3 Å². The van der Waals surface area contributed by atoms with Gasteiger partial charge in [0.25, 0.3) is 0 Å². The van der Waals surface area contributed by atoms with Crippen LogP contribution in [-0.4, -0.2) is 25.6 Å². The highest BCUT2D eigenvalue weighted by Gasteiger charge is 2.15. The van der Waals surface area contributed by atoms with E-state index in [-0.39, 0.29) is 16.8 Å². The zero-order valence-corrected chi connectivity index (χ0v) is 14.0. The molecule has 0 atom stereocenters. The second-order valence-electron chi connectivity index (χ2n) is 5.57. The molecule has 0 unspecified atom stereocenters. The third kappa shape index (κ3) is 3.09. The van der Waals surface area contributed by atoms with E-state index in [1.807, 2.05) is 13.8 Å². The van der Waals surface area contributed by atoms with Crippen molar-refractivity contribution in [3.8, 4) is 0 Å². The van der Waals surface area contributed by atoms with Crippen LogP contribution in [0, 0.1) is 11.6 Å². The van der Waals surface area contributed by atoms with Gasteiger partial charge in [0.15, 0.2) is 11.5 Å². The van der Waals surface area contributed by atoms with Crippen molar-refractivity contribution < 1.29 is 8.78 Å². The maximum Gasteiger partial charge on any atom is 0.224 e. The Balaban J connectivity index is 2.00. The molecular formula is C15H15ClF2N6. The SMILES string of the molecule is CC(C)Nc1ncc2nc(Nc3c(F)cc(F)cc3Cl)n(C)c2n1. The quantitative estimate of drug-likeness (QED) is 0.746. The Morgan fingerprint density at radius 3 is 2.62 bits per heavy atom. The molecule has 0 spiro atoms. The molecule has 0 saturated carbocycles. The molecule has 0 radical (unpaired) electrons. The molecule has 9 heteroatoms. The molecule has 2 N–H and O–H groups in total. The molecule has 3 aromatic rings. The number of nitrogens with zero attached hydrogens (tertiary/aromatic N) is 4. The van der Waals surface area contributed by atoms with E-state index in [2.05, 4.69) is 25.6 Å². The molecule has 0 bridgehead atoms. The predicted octanol–water partition coefficient (Wildman–Crippen LogP) is 3.86. The molecule has 126 valence electrons. The van der Waals surface area contributed by atoms with Crippen molar-refractivity contribution in [3.05, 3.63) is 35.0 Å². The Morgan fingerprint density at radius 1 is 1.21 bits per heavy atom. The second-order valence-corrected chi connectivity index (χ2v) is 5.97. The molecule has 2 aromatic heterocycles. The van der Waals surface area contributed by atoms with E-state index >= 15 is 0 Å². The lowest BCUT2D eigenvalue weighted by molar-refractivity contribution is 0.586. The molecule has 0 saturated heterocycles. The van der Waals surface area contributed by atoms with E-state index < -0.39 is 11.6 Å². The normalized spacial score (nSPS) is 11.3. The van der Waals surface area contributed by atoms with Crippen LogP contribution in [0.5, 0.6) is 0 Å². The maximum atomic E-state index is 13.9. The van der Waals surface area contributed by atoms with Gasteiger partial charge in [0.2, 0.25) is 11.9 Å². The van der Waals surface area contributed by atoms with E-state index in [0.717, 1.165) is 12.1 Å². The lowest BCUT2D eigenvalue weighted by atomic mass is 10.3. The smallest absolute Gasteiger partial charge is 0.224 e. The van der Waals surface area contributed by atoms with E-state index in [4.69, 9.17) is 11.6 Å². The van der Waals surface area contributed by atoms with Crippen molar-refractivity contribution >= 4 is 40.3 Å². The first kappa shape index (κ1) is 16.4. The van der Waals surface area contributed by atoms with Crippen molar-refractivity contribution in [2.75, 3.05) is 10.6 Å². The number of halogens is 3. The molecule has 0 fully saturated rings. The summed E-state index contributed by atoms with van der Waals surface area (Å²) in [5.74, 6) is -0.768. The Labute approximate surface area is 141 Å². The van der Waals surface area contributed by atoms with Crippen LogP contribution in [0.15, 0.2) is 18.3 Å². The summed E-state index contributed by atoms with van der Waals surface area (Å²) in [6.45, 7) is 3.95. The molecule has 0 amide bonds. The summed E-state index contributed by atoms with van der Waals surface area (Å²) in [4.78, 5) is 12.9. The molecular weight excluding hydrogens is 338 g/mol. The largest absolute Gasteiger partial charge is 0.352 e. The lowest BCUT2D eigenvalue weighted by Gasteiger charge is -2.09. The maximum absolute atomic E-state index is 13.9. The summed E-state index contributed by atoms with van der Waals surface area (Å²) < 4.78 is 28.7. The van der Waals surface area contributed by atoms with Crippen molar-refractivity contribution in [1.82, 2.24) is 19.5 Å². The summed E-state index contributed by atoms with van der Waals surface area (Å²) in [6, 6.07) is 1.96. The van der Waals surface area contributed by atoms with E-state index in [0.29, 0.717) is 23.1 Å². The average molecular weight is 353 g/mol. The van der Waals surface area contributed by atoms with Crippen LogP contribution in [-0.2, 0) is 7.05 Å². The number of fused-ring (bicyclic) bond motifs is 1. The molecule has 24 heavy (non-hydrogen) atoms. The van der Waals surface area contributed by atoms with Gasteiger partial charge in [-0.15, -0.1) is 0 Å². The summed E-state index contributed by atoms with van der Waals surface area (Å²) in [7, 11) is 1.72. The van der Waals surface area contributed by atoms with Crippen LogP contribution < -0.4 is 10.6 Å². The topological polar surface area (TPSA) is 67.7 Å². The van der Waals surface area contributed by atoms with Gasteiger partial charge in [-0.25, -0.2) is 18.7 Å². The molecule has 3 rings (SSSR count). The van der Waals surface area contributed by atoms with Gasteiger partial charge in [-0.2, -0.15) is 4.98 Å². The van der Waals surface area contributed by atoms with E-state index in [9.17, 15) is 8.78 Å². The number of hydrogen-bond acceptors (Lipinski definition) is 5. The Kier molecular flexibility index (Phi) is 4.23. The van der Waals surface area contributed by atoms with Crippen molar-refractivity contribution in [3.63, 3.8) is 0 Å². The van der Waals surface area contributed by atoms with Gasteiger partial charge in [-0.1, -0.05) is 11.6 Å². The van der Waals surface area contributed by atoms with Gasteiger partial charge >= 0.3 is 0 Å². The predicted molar refractivity (Wildman–Crippen MR) is 89.7 cm³/mol. The molecule has 0 aliphatic heterocycles. The number of rotatable bonds is 4. The van der Waals surface area contributed by atoms with Crippen LogP contribution in [0.2, 0.25) is 5.02 Å². The number of hydrogen-bond donors (Lipinski definition) is 2. The average Bonchev–Trinajstić information content (AvgIpc) is 2.79. The highest BCUT2D eigenvalue weighted by Crippen LogP contribution is 2.30. The summed E-state index contributed by atoms with van der Waals surface area (Å²) in [6.07, 6.45) is 1.57. The Hall–Kier alpha value is -2.48. The highest BCUT2D eigenvalue weighted by molar-refractivity contribution is 6.33. The van der Waals surface area contributed by atoms with Crippen LogP contribution in [0.3, 0.4) is 0 Å². The van der Waals surface area contributed by atoms with Gasteiger partial charge < -0.3 is 10.6 Å². The number of aromatic nitrogens is 4. The Bertz CT molecular complexity index is 885. The van der Waals surface area contributed by atoms with Crippen LogP contribution in [0.4, 0.5) is 26.4 Å². The number of nitrogens with one attached hydrogen (secondary N) is 2. The first-order valence-electron chi connectivity index (χ1n) is 7.22. The number of anilines is 3. The Morgan fingerprint density at radius 2 is 1.96 bits per heavy atom. The fraction of sp³-hybridized carbons (Fsp3) is 0.267. The fourth-order valence-electron chi connectivity index (χ4n) is 2.19. The summed E-state index contributed by atoms with van der Waals surface area (Å²) in [5.41, 5.74) is 1.05. The van der Waals surface area contributed by atoms with Gasteiger partial charge in [0, 0.05) is 19.2 Å². The van der Waals surface area contributed by atoms with Crippen LogP contribution in [0.25, 0.3) is 11.2 Å². The fourth-order valence-corrected chi connectivity index (χ4v) is 2.44. The summed E-state index contributed by atoms with van der Waals surface area (Å²) in [5, 5.41) is 5.80. The third-order valence-corrected chi connectivity index (χ3v) is 3.57. The molecule has 0 aliphatic rings. The van der Waals surface area contributed by atoms with Crippen molar-refractivity contribution in [1.29, 1.82) is 0 Å². The first-order valence-corrected chi connectivity index (χ1v) is 7.60. The molecule has 2 heterocycles. The molecule has 0 aliphatic carbocycles. The highest BCUT2D eigenvalue weighted by atomic mass is 35.5. The van der Waals surface area contributed by atoms with Crippen molar-refractivity contribution in [2.24, 2.45) is 7.05 Å². The van der Waals surface area contributed by atoms with Crippen LogP contribution in [0.1, 0.15) is 13.8 Å². The number of imidazole rings is 1. The zero-order chi connectivity index (χ0) is 17.4. The number of benzene rings is 1. The van der Waals surface area contributed by atoms with E-state index in [1.54, 1.807) is 17.8 Å². The standard InChI is InChI=1S/C15H15ClF2N6/c1-7(2)20-14-19-6-11-13(23-14)24(3)15(21-11)22-12-9(16)4-8(17)5-10(12)18/h4-7H,1-3H3,(H,21,22)(H,19,20,23). The van der Waals surface area contributed by atoms with Gasteiger partial charge in [0.05, 0.1) is 16.9 Å². The summed E-state index contributed by atoms with van der Waals surface area (Å²) >= 11 is 5.90.